The summed E-state index contributed by atoms with van der Waals surface area (Å²) in [6.07, 6.45) is 5.56. The van der Waals surface area contributed by atoms with Crippen molar-refractivity contribution in [2.24, 2.45) is 0 Å². The number of furan rings is 1. The first-order chi connectivity index (χ1) is 6.77. The molecule has 1 aromatic rings. The van der Waals surface area contributed by atoms with Crippen LogP contribution in [0.5, 0.6) is 0 Å². The maximum atomic E-state index is 10.7. The molecular weight excluding hydrogens is 182 g/mol. The van der Waals surface area contributed by atoms with Crippen LogP contribution >= 0.6 is 0 Å². The van der Waals surface area contributed by atoms with E-state index in [2.05, 4.69) is 17.1 Å². The lowest BCUT2D eigenvalue weighted by molar-refractivity contribution is 0.0659. The molecule has 0 radical (unpaired) electrons. The molecule has 1 N–H and O–H groups in total. The molecule has 1 aliphatic heterocycles. The number of carboxylic acid groups (broad SMARTS) is 1. The standard InChI is InChI=1S/C10H11NO3/c12-10(13)9-8(3-6-14-9)7-11-4-1-2-5-11/h1-3,6H,4-5,7H2,(H,12,13). The van der Waals surface area contributed by atoms with Crippen molar-refractivity contribution in [3.05, 3.63) is 35.8 Å². The van der Waals surface area contributed by atoms with E-state index in [4.69, 9.17) is 9.52 Å². The molecule has 0 fully saturated rings. The Balaban J connectivity index is 2.08. The molecule has 74 valence electrons. The van der Waals surface area contributed by atoms with Crippen LogP contribution in [0.2, 0.25) is 0 Å². The average Bonchev–Trinajstić information content (AvgIpc) is 2.75. The van der Waals surface area contributed by atoms with E-state index in [1.807, 2.05) is 0 Å². The lowest BCUT2D eigenvalue weighted by atomic mass is 10.2. The van der Waals surface area contributed by atoms with Gasteiger partial charge in [-0.3, -0.25) is 4.90 Å². The van der Waals surface area contributed by atoms with Gasteiger partial charge in [0.05, 0.1) is 6.26 Å². The van der Waals surface area contributed by atoms with Crippen LogP contribution in [-0.2, 0) is 6.54 Å². The molecule has 0 saturated heterocycles. The summed E-state index contributed by atoms with van der Waals surface area (Å²) in [4.78, 5) is 12.9. The largest absolute Gasteiger partial charge is 0.475 e. The first-order valence-electron chi connectivity index (χ1n) is 4.44. The first kappa shape index (κ1) is 9.02. The van der Waals surface area contributed by atoms with Gasteiger partial charge in [0.1, 0.15) is 0 Å². The highest BCUT2D eigenvalue weighted by Gasteiger charge is 2.16. The maximum Gasteiger partial charge on any atom is 0.372 e. The van der Waals surface area contributed by atoms with Crippen LogP contribution in [0.3, 0.4) is 0 Å². The van der Waals surface area contributed by atoms with Crippen molar-refractivity contribution in [2.75, 3.05) is 13.1 Å². The van der Waals surface area contributed by atoms with Crippen molar-refractivity contribution in [2.45, 2.75) is 6.54 Å². The van der Waals surface area contributed by atoms with Gasteiger partial charge in [-0.15, -0.1) is 0 Å². The summed E-state index contributed by atoms with van der Waals surface area (Å²) in [5, 5.41) is 8.80. The Bertz CT molecular complexity index is 359. The molecule has 1 aromatic heterocycles. The molecule has 2 heterocycles. The fourth-order valence-electron chi connectivity index (χ4n) is 1.54. The summed E-state index contributed by atoms with van der Waals surface area (Å²) in [7, 11) is 0. The van der Waals surface area contributed by atoms with Crippen LogP contribution in [0.15, 0.2) is 28.9 Å². The average molecular weight is 193 g/mol. The van der Waals surface area contributed by atoms with E-state index in [1.54, 1.807) is 6.07 Å². The van der Waals surface area contributed by atoms with Gasteiger partial charge in [0.15, 0.2) is 0 Å². The van der Waals surface area contributed by atoms with E-state index < -0.39 is 5.97 Å². The van der Waals surface area contributed by atoms with Crippen LogP contribution in [0.4, 0.5) is 0 Å². The molecule has 0 saturated carbocycles. The molecule has 0 unspecified atom stereocenters. The van der Waals surface area contributed by atoms with Crippen LogP contribution in [0.25, 0.3) is 0 Å². The minimum absolute atomic E-state index is 0.0527. The first-order valence-corrected chi connectivity index (χ1v) is 4.44. The topological polar surface area (TPSA) is 53.7 Å². The van der Waals surface area contributed by atoms with Crippen molar-refractivity contribution in [3.8, 4) is 0 Å². The van der Waals surface area contributed by atoms with Crippen molar-refractivity contribution in [1.82, 2.24) is 4.90 Å². The summed E-state index contributed by atoms with van der Waals surface area (Å²) < 4.78 is 4.89. The highest BCUT2D eigenvalue weighted by atomic mass is 16.4. The molecule has 0 aliphatic carbocycles. The third-order valence-corrected chi connectivity index (χ3v) is 2.23. The van der Waals surface area contributed by atoms with Crippen molar-refractivity contribution < 1.29 is 14.3 Å². The Morgan fingerprint density at radius 2 is 2.21 bits per heavy atom. The molecule has 0 atom stereocenters. The van der Waals surface area contributed by atoms with Gasteiger partial charge in [-0.05, 0) is 6.07 Å². The molecular formula is C10H11NO3. The SMILES string of the molecule is O=C(O)c1occc1CN1CC=CC1. The van der Waals surface area contributed by atoms with Gasteiger partial charge in [-0.2, -0.15) is 0 Å². The van der Waals surface area contributed by atoms with E-state index in [-0.39, 0.29) is 5.76 Å². The molecule has 4 heteroatoms. The second-order valence-electron chi connectivity index (χ2n) is 3.25. The summed E-state index contributed by atoms with van der Waals surface area (Å²) >= 11 is 0. The number of hydrogen-bond acceptors (Lipinski definition) is 3. The van der Waals surface area contributed by atoms with E-state index >= 15 is 0 Å². The van der Waals surface area contributed by atoms with Crippen LogP contribution in [0, 0.1) is 0 Å². The molecule has 0 aromatic carbocycles. The number of nitrogens with zero attached hydrogens (tertiary/aromatic N) is 1. The minimum atomic E-state index is -1.00. The van der Waals surface area contributed by atoms with E-state index in [9.17, 15) is 4.79 Å². The fourth-order valence-corrected chi connectivity index (χ4v) is 1.54. The number of carbonyl (C=O) groups is 1. The lowest BCUT2D eigenvalue weighted by Crippen LogP contribution is -2.20. The van der Waals surface area contributed by atoms with Gasteiger partial charge in [-0.1, -0.05) is 12.2 Å². The predicted molar refractivity (Wildman–Crippen MR) is 50.1 cm³/mol. The zero-order valence-corrected chi connectivity index (χ0v) is 7.64. The van der Waals surface area contributed by atoms with Gasteiger partial charge in [0.2, 0.25) is 5.76 Å². The molecule has 0 spiro atoms. The Morgan fingerprint density at radius 1 is 1.50 bits per heavy atom. The highest BCUT2D eigenvalue weighted by Crippen LogP contribution is 2.14. The summed E-state index contributed by atoms with van der Waals surface area (Å²) in [6, 6.07) is 1.71. The Hall–Kier alpha value is -1.55. The van der Waals surface area contributed by atoms with Gasteiger partial charge in [0, 0.05) is 25.2 Å². The van der Waals surface area contributed by atoms with E-state index in [0.29, 0.717) is 6.54 Å². The second-order valence-corrected chi connectivity index (χ2v) is 3.25. The predicted octanol–water partition coefficient (Wildman–Crippen LogP) is 1.35. The quantitative estimate of drug-likeness (QED) is 0.736. The van der Waals surface area contributed by atoms with Crippen molar-refractivity contribution >= 4 is 5.97 Å². The molecule has 0 bridgehead atoms. The van der Waals surface area contributed by atoms with Crippen LogP contribution in [-0.4, -0.2) is 29.1 Å². The van der Waals surface area contributed by atoms with Gasteiger partial charge >= 0.3 is 5.97 Å². The molecule has 0 amide bonds. The van der Waals surface area contributed by atoms with Crippen LogP contribution < -0.4 is 0 Å². The third-order valence-electron chi connectivity index (χ3n) is 2.23. The normalized spacial score (nSPS) is 16.3. The number of carboxylic acids is 1. The molecule has 14 heavy (non-hydrogen) atoms. The Labute approximate surface area is 81.4 Å². The number of aromatic carboxylic acids is 1. The van der Waals surface area contributed by atoms with Crippen molar-refractivity contribution in [3.63, 3.8) is 0 Å². The maximum absolute atomic E-state index is 10.7. The molecule has 2 rings (SSSR count). The number of rotatable bonds is 3. The summed E-state index contributed by atoms with van der Waals surface area (Å²) in [6.45, 7) is 2.39. The second kappa shape index (κ2) is 3.67. The molecule has 4 nitrogen and oxygen atoms in total. The van der Waals surface area contributed by atoms with Crippen molar-refractivity contribution in [1.29, 1.82) is 0 Å². The number of hydrogen-bond donors (Lipinski definition) is 1. The minimum Gasteiger partial charge on any atom is -0.475 e. The zero-order valence-electron chi connectivity index (χ0n) is 7.64. The Kier molecular flexibility index (Phi) is 2.37. The summed E-state index contributed by atoms with van der Waals surface area (Å²) in [5.74, 6) is -0.950. The van der Waals surface area contributed by atoms with Gasteiger partial charge in [0.25, 0.3) is 0 Å². The lowest BCUT2D eigenvalue weighted by Gasteiger charge is -2.13. The monoisotopic (exact) mass is 193 g/mol. The van der Waals surface area contributed by atoms with Crippen LogP contribution in [0.1, 0.15) is 16.1 Å². The van der Waals surface area contributed by atoms with Gasteiger partial charge in [-0.25, -0.2) is 4.79 Å². The zero-order chi connectivity index (χ0) is 9.97. The van der Waals surface area contributed by atoms with E-state index in [1.165, 1.54) is 6.26 Å². The third kappa shape index (κ3) is 1.70. The Morgan fingerprint density at radius 3 is 2.86 bits per heavy atom. The van der Waals surface area contributed by atoms with Gasteiger partial charge < -0.3 is 9.52 Å². The smallest absolute Gasteiger partial charge is 0.372 e. The van der Waals surface area contributed by atoms with E-state index in [0.717, 1.165) is 18.7 Å². The fraction of sp³-hybridized carbons (Fsp3) is 0.300. The molecule has 1 aliphatic rings. The highest BCUT2D eigenvalue weighted by molar-refractivity contribution is 5.86. The summed E-state index contributed by atoms with van der Waals surface area (Å²) in [5.41, 5.74) is 0.737.